The molecule has 0 bridgehead atoms. The summed E-state index contributed by atoms with van der Waals surface area (Å²) in [4.78, 5) is 18.5. The van der Waals surface area contributed by atoms with E-state index in [9.17, 15) is 13.9 Å². The predicted octanol–water partition coefficient (Wildman–Crippen LogP) is 4.35. The third-order valence-electron chi connectivity index (χ3n) is 6.84. The van der Waals surface area contributed by atoms with Gasteiger partial charge in [0, 0.05) is 44.3 Å². The third-order valence-corrected chi connectivity index (χ3v) is 6.84. The zero-order chi connectivity index (χ0) is 27.0. The second-order valence-electron chi connectivity index (χ2n) is 10.3. The number of fused-ring (bicyclic) bond motifs is 1. The summed E-state index contributed by atoms with van der Waals surface area (Å²) in [6.07, 6.45) is 0. The maximum absolute atomic E-state index is 14.7. The molecule has 200 valence electrons. The largest absolute Gasteiger partial charge is 0.479 e. The van der Waals surface area contributed by atoms with Crippen LogP contribution in [0, 0.1) is 6.92 Å². The maximum Gasteiger partial charge on any atom is 0.300 e. The zero-order valence-corrected chi connectivity index (χ0v) is 22.3. The van der Waals surface area contributed by atoms with Crippen molar-refractivity contribution in [3.05, 3.63) is 47.3 Å². The molecule has 1 aromatic carbocycles. The Morgan fingerprint density at radius 2 is 1.78 bits per heavy atom. The van der Waals surface area contributed by atoms with Gasteiger partial charge in [-0.05, 0) is 52.3 Å². The summed E-state index contributed by atoms with van der Waals surface area (Å²) in [5.74, 6) is -1.78. The smallest absolute Gasteiger partial charge is 0.300 e. The van der Waals surface area contributed by atoms with Crippen LogP contribution in [-0.4, -0.2) is 69.9 Å². The van der Waals surface area contributed by atoms with E-state index in [4.69, 9.17) is 4.74 Å². The van der Waals surface area contributed by atoms with Crippen LogP contribution < -0.4 is 15.0 Å². The molecule has 8 nitrogen and oxygen atoms in total. The number of nitrogens with zero attached hydrogens (tertiary/aromatic N) is 5. The number of aliphatic hydroxyl groups is 1. The number of aryl methyl sites for hydroxylation is 1. The lowest BCUT2D eigenvalue weighted by Crippen LogP contribution is -2.49. The molecule has 1 aliphatic rings. The molecule has 4 rings (SSSR count). The molecule has 0 atom stereocenters. The molecule has 0 spiro atoms. The van der Waals surface area contributed by atoms with E-state index in [2.05, 4.69) is 43.9 Å². The van der Waals surface area contributed by atoms with Gasteiger partial charge >= 0.3 is 5.92 Å². The molecule has 1 saturated heterocycles. The number of halogens is 2. The van der Waals surface area contributed by atoms with Gasteiger partial charge in [-0.15, -0.1) is 0 Å². The number of aromatic nitrogens is 3. The van der Waals surface area contributed by atoms with Crippen LogP contribution in [-0.2, 0) is 12.5 Å². The van der Waals surface area contributed by atoms with E-state index in [0.717, 1.165) is 51.1 Å². The van der Waals surface area contributed by atoms with Crippen LogP contribution in [0.5, 0.6) is 5.88 Å². The third kappa shape index (κ3) is 5.60. The first kappa shape index (κ1) is 26.9. The predicted molar refractivity (Wildman–Crippen MR) is 142 cm³/mol. The van der Waals surface area contributed by atoms with Crippen LogP contribution in [0.25, 0.3) is 11.0 Å². The maximum atomic E-state index is 14.7. The average Bonchev–Trinajstić information content (AvgIpc) is 2.86. The molecule has 3 heterocycles. The van der Waals surface area contributed by atoms with E-state index < -0.39 is 11.5 Å². The van der Waals surface area contributed by atoms with E-state index in [0.29, 0.717) is 34.8 Å². The second kappa shape index (κ2) is 10.3. The van der Waals surface area contributed by atoms with Gasteiger partial charge in [-0.2, -0.15) is 13.8 Å². The number of alkyl halides is 2. The van der Waals surface area contributed by atoms with Gasteiger partial charge in [-0.25, -0.2) is 9.97 Å². The lowest BCUT2D eigenvalue weighted by Gasteiger charge is -2.38. The minimum atomic E-state index is -3.39. The highest BCUT2D eigenvalue weighted by Crippen LogP contribution is 2.39. The fourth-order valence-corrected chi connectivity index (χ4v) is 4.54. The Bertz CT molecular complexity index is 1250. The highest BCUT2D eigenvalue weighted by Gasteiger charge is 2.46. The van der Waals surface area contributed by atoms with Crippen molar-refractivity contribution in [3.63, 3.8) is 0 Å². The Balaban J connectivity index is 1.63. The molecule has 1 fully saturated rings. The van der Waals surface area contributed by atoms with E-state index in [-0.39, 0.29) is 12.1 Å². The summed E-state index contributed by atoms with van der Waals surface area (Å²) in [5, 5.41) is 14.0. The van der Waals surface area contributed by atoms with Gasteiger partial charge in [0.2, 0.25) is 5.88 Å². The first-order chi connectivity index (χ1) is 17.4. The molecule has 0 unspecified atom stereocenters. The number of benzene rings is 1. The van der Waals surface area contributed by atoms with Crippen molar-refractivity contribution >= 4 is 22.5 Å². The number of ether oxygens (including phenoxy) is 1. The van der Waals surface area contributed by atoms with Crippen molar-refractivity contribution < 1.29 is 18.6 Å². The Hall–Kier alpha value is -3.11. The lowest BCUT2D eigenvalue weighted by atomic mass is 9.92. The molecular formula is C27H36F2N6O2. The molecule has 10 heteroatoms. The van der Waals surface area contributed by atoms with Gasteiger partial charge in [-0.1, -0.05) is 18.2 Å². The van der Waals surface area contributed by atoms with E-state index >= 15 is 0 Å². The second-order valence-corrected chi connectivity index (χ2v) is 10.3. The SMILES string of the molecule is COc1nc2nc(C)nc(NCc3cccc(C(F)(F)C(C)(C)O)c3)c2cc1N1CCN(C(C)C)CC1. The monoisotopic (exact) mass is 514 g/mol. The number of piperazine rings is 1. The summed E-state index contributed by atoms with van der Waals surface area (Å²) in [6.45, 7) is 12.2. The summed E-state index contributed by atoms with van der Waals surface area (Å²) in [5.41, 5.74) is -0.407. The molecule has 0 aliphatic carbocycles. The molecule has 2 aromatic heterocycles. The molecule has 0 radical (unpaired) electrons. The van der Waals surface area contributed by atoms with Crippen molar-refractivity contribution in [1.82, 2.24) is 19.9 Å². The number of rotatable bonds is 8. The number of hydrogen-bond donors (Lipinski definition) is 2. The van der Waals surface area contributed by atoms with Crippen LogP contribution >= 0.6 is 0 Å². The van der Waals surface area contributed by atoms with E-state index in [1.54, 1.807) is 26.2 Å². The first-order valence-corrected chi connectivity index (χ1v) is 12.6. The molecule has 3 aromatic rings. The Kier molecular flexibility index (Phi) is 7.52. The Labute approximate surface area is 216 Å². The van der Waals surface area contributed by atoms with Gasteiger partial charge in [0.1, 0.15) is 22.9 Å². The summed E-state index contributed by atoms with van der Waals surface area (Å²) in [6, 6.07) is 8.54. The minimum Gasteiger partial charge on any atom is -0.479 e. The quantitative estimate of drug-likeness (QED) is 0.459. The fraction of sp³-hybridized carbons (Fsp3) is 0.519. The first-order valence-electron chi connectivity index (χ1n) is 12.6. The number of methoxy groups -OCH3 is 1. The van der Waals surface area contributed by atoms with Gasteiger partial charge in [0.05, 0.1) is 12.5 Å². The van der Waals surface area contributed by atoms with Crippen molar-refractivity contribution in [1.29, 1.82) is 0 Å². The number of anilines is 2. The van der Waals surface area contributed by atoms with Crippen molar-refractivity contribution in [2.75, 3.05) is 43.5 Å². The van der Waals surface area contributed by atoms with Crippen molar-refractivity contribution in [2.24, 2.45) is 0 Å². The van der Waals surface area contributed by atoms with Crippen LogP contribution in [0.1, 0.15) is 44.6 Å². The van der Waals surface area contributed by atoms with Gasteiger partial charge in [0.25, 0.3) is 0 Å². The average molecular weight is 515 g/mol. The van der Waals surface area contributed by atoms with Crippen molar-refractivity contribution in [2.45, 2.75) is 58.7 Å². The summed E-state index contributed by atoms with van der Waals surface area (Å²) < 4.78 is 35.0. The number of nitrogens with one attached hydrogen (secondary N) is 1. The van der Waals surface area contributed by atoms with Crippen LogP contribution in [0.2, 0.25) is 0 Å². The minimum absolute atomic E-state index is 0.239. The topological polar surface area (TPSA) is 86.6 Å². The van der Waals surface area contributed by atoms with Gasteiger partial charge < -0.3 is 20.1 Å². The number of hydrogen-bond acceptors (Lipinski definition) is 8. The van der Waals surface area contributed by atoms with Gasteiger partial charge in [-0.3, -0.25) is 4.90 Å². The molecule has 0 amide bonds. The fourth-order valence-electron chi connectivity index (χ4n) is 4.54. The van der Waals surface area contributed by atoms with Crippen LogP contribution in [0.4, 0.5) is 20.3 Å². The molecular weight excluding hydrogens is 478 g/mol. The summed E-state index contributed by atoms with van der Waals surface area (Å²) >= 11 is 0. The Morgan fingerprint density at radius 1 is 1.08 bits per heavy atom. The number of pyridine rings is 1. The lowest BCUT2D eigenvalue weighted by molar-refractivity contribution is -0.168. The van der Waals surface area contributed by atoms with Crippen LogP contribution in [0.15, 0.2) is 30.3 Å². The molecule has 0 saturated carbocycles. The Morgan fingerprint density at radius 3 is 2.41 bits per heavy atom. The van der Waals surface area contributed by atoms with E-state index in [1.807, 2.05) is 6.07 Å². The zero-order valence-electron chi connectivity index (χ0n) is 22.3. The molecule has 37 heavy (non-hydrogen) atoms. The van der Waals surface area contributed by atoms with Crippen molar-refractivity contribution in [3.8, 4) is 5.88 Å². The molecule has 1 aliphatic heterocycles. The van der Waals surface area contributed by atoms with E-state index in [1.165, 1.54) is 12.1 Å². The summed E-state index contributed by atoms with van der Waals surface area (Å²) in [7, 11) is 1.60. The highest BCUT2D eigenvalue weighted by molar-refractivity contribution is 5.90. The normalized spacial score (nSPS) is 15.5. The van der Waals surface area contributed by atoms with Gasteiger partial charge in [0.15, 0.2) is 5.65 Å². The standard InChI is InChI=1S/C27H36F2N6O2/c1-17(2)34-10-12-35(13-11-34)22-15-21-23(31-18(3)32-24(21)33-25(22)37-6)30-16-19-8-7-9-20(14-19)27(28,29)26(4,5)36/h7-9,14-15,17,36H,10-13,16H2,1-6H3,(H,30,31,32,33). The highest BCUT2D eigenvalue weighted by atomic mass is 19.3. The van der Waals surface area contributed by atoms with Crippen LogP contribution in [0.3, 0.4) is 0 Å². The molecule has 2 N–H and O–H groups in total.